The van der Waals surface area contributed by atoms with Gasteiger partial charge in [0.05, 0.1) is 18.1 Å². The SMILES string of the molecule is CC(C)(C)[Si](OCCCc1ccccc1C[C@@H]1[C@H](C(=O)O)[C@H]2CC[C@@H]1O2)(c1ccccc1)c1ccccc1. The number of rotatable bonds is 10. The first kappa shape index (κ1) is 26.9. The van der Waals surface area contributed by atoms with Crippen LogP contribution in [0.2, 0.25) is 5.04 Å². The molecule has 0 amide bonds. The Morgan fingerprint density at radius 1 is 0.868 bits per heavy atom. The van der Waals surface area contributed by atoms with Crippen LogP contribution < -0.4 is 10.4 Å². The maximum atomic E-state index is 12.0. The Bertz CT molecular complexity index is 1180. The molecular weight excluding hydrogens is 488 g/mol. The number of aliphatic carboxylic acids is 1. The van der Waals surface area contributed by atoms with E-state index in [1.807, 2.05) is 0 Å². The molecule has 3 aromatic rings. The molecule has 0 unspecified atom stereocenters. The van der Waals surface area contributed by atoms with Crippen molar-refractivity contribution in [1.29, 1.82) is 0 Å². The summed E-state index contributed by atoms with van der Waals surface area (Å²) in [6.07, 6.45) is 4.41. The van der Waals surface area contributed by atoms with Gasteiger partial charge < -0.3 is 14.3 Å². The molecule has 2 fully saturated rings. The molecule has 4 atom stereocenters. The molecule has 2 saturated heterocycles. The summed E-state index contributed by atoms with van der Waals surface area (Å²) in [5, 5.41) is 12.4. The van der Waals surface area contributed by atoms with Gasteiger partial charge in [-0.15, -0.1) is 0 Å². The molecule has 1 N–H and O–H groups in total. The maximum Gasteiger partial charge on any atom is 0.309 e. The van der Waals surface area contributed by atoms with E-state index in [0.717, 1.165) is 32.1 Å². The summed E-state index contributed by atoms with van der Waals surface area (Å²) in [7, 11) is -2.54. The number of carbonyl (C=O) groups is 1. The van der Waals surface area contributed by atoms with Crippen LogP contribution in [-0.2, 0) is 26.8 Å². The fraction of sp³-hybridized carbons (Fsp3) is 0.424. The second kappa shape index (κ2) is 11.2. The number of carboxylic acid groups (broad SMARTS) is 1. The third-order valence-corrected chi connectivity index (χ3v) is 13.7. The van der Waals surface area contributed by atoms with E-state index in [-0.39, 0.29) is 29.1 Å². The van der Waals surface area contributed by atoms with Gasteiger partial charge in [-0.2, -0.15) is 0 Å². The van der Waals surface area contributed by atoms with Gasteiger partial charge in [0.15, 0.2) is 0 Å². The Labute approximate surface area is 228 Å². The molecule has 0 radical (unpaired) electrons. The van der Waals surface area contributed by atoms with E-state index in [2.05, 4.69) is 106 Å². The zero-order chi connectivity index (χ0) is 26.8. The molecule has 0 spiro atoms. The molecule has 38 heavy (non-hydrogen) atoms. The molecule has 0 saturated carbocycles. The minimum Gasteiger partial charge on any atom is -0.481 e. The van der Waals surface area contributed by atoms with Crippen LogP contribution in [0.25, 0.3) is 0 Å². The van der Waals surface area contributed by atoms with Crippen molar-refractivity contribution in [3.63, 3.8) is 0 Å². The third-order valence-electron chi connectivity index (χ3n) is 8.61. The van der Waals surface area contributed by atoms with Crippen molar-refractivity contribution in [1.82, 2.24) is 0 Å². The topological polar surface area (TPSA) is 55.8 Å². The van der Waals surface area contributed by atoms with Gasteiger partial charge in [0, 0.05) is 12.5 Å². The molecule has 5 rings (SSSR count). The van der Waals surface area contributed by atoms with Gasteiger partial charge in [-0.25, -0.2) is 0 Å². The number of fused-ring (bicyclic) bond motifs is 2. The average Bonchev–Trinajstić information content (AvgIpc) is 3.52. The first-order valence-corrected chi connectivity index (χ1v) is 15.9. The van der Waals surface area contributed by atoms with Gasteiger partial charge in [0.25, 0.3) is 8.32 Å². The summed E-state index contributed by atoms with van der Waals surface area (Å²) in [4.78, 5) is 12.0. The standard InChI is InChI=1S/C33H40O4Si/c1-33(2,3)38(26-16-6-4-7-17-26,27-18-8-5-9-19-27)36-22-12-15-24-13-10-11-14-25(24)23-28-29-20-21-30(37-29)31(28)32(34)35/h4-11,13-14,16-19,28-31H,12,15,20-23H2,1-3H3,(H,34,35)/t28-,29-,30+,31-/m0/s1. The minimum absolute atomic E-state index is 0.0404. The van der Waals surface area contributed by atoms with Crippen molar-refractivity contribution < 1.29 is 19.1 Å². The number of hydrogen-bond donors (Lipinski definition) is 1. The second-order valence-corrected chi connectivity index (χ2v) is 16.2. The first-order chi connectivity index (χ1) is 18.3. The lowest BCUT2D eigenvalue weighted by atomic mass is 9.75. The molecule has 2 aliphatic rings. The van der Waals surface area contributed by atoms with Crippen LogP contribution in [0.15, 0.2) is 84.9 Å². The summed E-state index contributed by atoms with van der Waals surface area (Å²) in [6, 6.07) is 30.1. The van der Waals surface area contributed by atoms with Crippen molar-refractivity contribution in [2.75, 3.05) is 6.61 Å². The van der Waals surface area contributed by atoms with Gasteiger partial charge in [-0.05, 0) is 58.6 Å². The van der Waals surface area contributed by atoms with E-state index in [1.54, 1.807) is 0 Å². The quantitative estimate of drug-likeness (QED) is 0.274. The Balaban J connectivity index is 1.33. The van der Waals surface area contributed by atoms with Crippen molar-refractivity contribution in [3.05, 3.63) is 96.1 Å². The number of hydrogen-bond acceptors (Lipinski definition) is 3. The van der Waals surface area contributed by atoms with E-state index in [9.17, 15) is 9.90 Å². The monoisotopic (exact) mass is 528 g/mol. The predicted molar refractivity (Wildman–Crippen MR) is 155 cm³/mol. The summed E-state index contributed by atoms with van der Waals surface area (Å²) in [6.45, 7) is 7.61. The summed E-state index contributed by atoms with van der Waals surface area (Å²) >= 11 is 0. The third kappa shape index (κ3) is 5.12. The fourth-order valence-corrected chi connectivity index (χ4v) is 11.5. The van der Waals surface area contributed by atoms with Crippen molar-refractivity contribution in [2.45, 2.75) is 70.1 Å². The lowest BCUT2D eigenvalue weighted by Gasteiger charge is -2.43. The van der Waals surface area contributed by atoms with Crippen LogP contribution in [0, 0.1) is 11.8 Å². The Morgan fingerprint density at radius 2 is 1.42 bits per heavy atom. The second-order valence-electron chi connectivity index (χ2n) is 11.9. The van der Waals surface area contributed by atoms with Crippen LogP contribution in [-0.4, -0.2) is 38.2 Å². The molecule has 5 heteroatoms. The lowest BCUT2D eigenvalue weighted by molar-refractivity contribution is -0.144. The predicted octanol–water partition coefficient (Wildman–Crippen LogP) is 5.62. The average molecular weight is 529 g/mol. The van der Waals surface area contributed by atoms with Crippen molar-refractivity contribution in [2.24, 2.45) is 11.8 Å². The Hall–Kier alpha value is -2.73. The van der Waals surface area contributed by atoms with Gasteiger partial charge in [-0.3, -0.25) is 4.79 Å². The van der Waals surface area contributed by atoms with E-state index in [4.69, 9.17) is 9.16 Å². The number of aryl methyl sites for hydroxylation is 1. The summed E-state index contributed by atoms with van der Waals surface area (Å²) in [5.41, 5.74) is 2.55. The molecule has 0 aromatic heterocycles. The Morgan fingerprint density at radius 3 is 2.00 bits per heavy atom. The normalized spacial score (nSPS) is 23.0. The van der Waals surface area contributed by atoms with Gasteiger partial charge in [0.1, 0.15) is 0 Å². The van der Waals surface area contributed by atoms with E-state index >= 15 is 0 Å². The van der Waals surface area contributed by atoms with Crippen molar-refractivity contribution in [3.8, 4) is 0 Å². The smallest absolute Gasteiger partial charge is 0.309 e. The van der Waals surface area contributed by atoms with Gasteiger partial charge in [-0.1, -0.05) is 106 Å². The highest BCUT2D eigenvalue weighted by Gasteiger charge is 2.52. The van der Waals surface area contributed by atoms with Crippen LogP contribution in [0.4, 0.5) is 0 Å². The first-order valence-electron chi connectivity index (χ1n) is 14.0. The van der Waals surface area contributed by atoms with Crippen LogP contribution >= 0.6 is 0 Å². The van der Waals surface area contributed by atoms with Crippen LogP contribution in [0.5, 0.6) is 0 Å². The number of ether oxygens (including phenoxy) is 1. The van der Waals surface area contributed by atoms with Crippen LogP contribution in [0.3, 0.4) is 0 Å². The fourth-order valence-electron chi connectivity index (χ4n) is 6.88. The largest absolute Gasteiger partial charge is 0.481 e. The molecule has 0 aliphatic carbocycles. The molecule has 2 heterocycles. The number of benzene rings is 3. The maximum absolute atomic E-state index is 12.0. The molecule has 4 nitrogen and oxygen atoms in total. The van der Waals surface area contributed by atoms with E-state index in [1.165, 1.54) is 21.5 Å². The molecule has 200 valence electrons. The summed E-state index contributed by atoms with van der Waals surface area (Å²) in [5.74, 6) is -1.04. The molecular formula is C33H40O4Si. The number of carboxylic acids is 1. The highest BCUT2D eigenvalue weighted by atomic mass is 28.4. The lowest BCUT2D eigenvalue weighted by Crippen LogP contribution is -2.66. The van der Waals surface area contributed by atoms with E-state index < -0.39 is 14.3 Å². The van der Waals surface area contributed by atoms with Gasteiger partial charge >= 0.3 is 5.97 Å². The Kier molecular flexibility index (Phi) is 7.89. The van der Waals surface area contributed by atoms with Crippen LogP contribution in [0.1, 0.15) is 51.2 Å². The minimum atomic E-state index is -2.54. The molecule has 2 bridgehead atoms. The zero-order valence-corrected chi connectivity index (χ0v) is 23.8. The molecule has 3 aromatic carbocycles. The van der Waals surface area contributed by atoms with Gasteiger partial charge in [0.2, 0.25) is 0 Å². The summed E-state index contributed by atoms with van der Waals surface area (Å²) < 4.78 is 13.1. The highest BCUT2D eigenvalue weighted by molar-refractivity contribution is 6.99. The highest BCUT2D eigenvalue weighted by Crippen LogP contribution is 2.45. The zero-order valence-electron chi connectivity index (χ0n) is 22.8. The molecule has 2 aliphatic heterocycles. The van der Waals surface area contributed by atoms with Crippen molar-refractivity contribution >= 4 is 24.7 Å². The van der Waals surface area contributed by atoms with E-state index in [0.29, 0.717) is 6.61 Å².